The van der Waals surface area contributed by atoms with E-state index in [9.17, 15) is 27.6 Å². The molecule has 1 aliphatic heterocycles. The van der Waals surface area contributed by atoms with Crippen LogP contribution in [0.2, 0.25) is 0 Å². The molecule has 2 heterocycles. The molecule has 3 amide bonds. The van der Waals surface area contributed by atoms with E-state index in [0.717, 1.165) is 32.1 Å². The highest BCUT2D eigenvalue weighted by Gasteiger charge is 2.39. The molecule has 4 N–H and O–H groups in total. The van der Waals surface area contributed by atoms with Crippen LogP contribution < -0.4 is 16.4 Å². The number of alkyl halides is 3. The highest BCUT2D eigenvalue weighted by atomic mass is 19.4. The highest BCUT2D eigenvalue weighted by molar-refractivity contribution is 5.94. The molecule has 10 nitrogen and oxygen atoms in total. The Bertz CT molecular complexity index is 1340. The molecule has 3 atom stereocenters. The molecule has 2 aliphatic rings. The van der Waals surface area contributed by atoms with Crippen molar-refractivity contribution in [2.45, 2.75) is 77.1 Å². The number of hydrogen-bond acceptors (Lipinski definition) is 7. The molecule has 1 aromatic carbocycles. The summed E-state index contributed by atoms with van der Waals surface area (Å²) in [7, 11) is 3.87. The number of benzene rings is 1. The summed E-state index contributed by atoms with van der Waals surface area (Å²) in [6.07, 6.45) is -0.0873. The van der Waals surface area contributed by atoms with E-state index in [1.807, 2.05) is 20.9 Å². The maximum absolute atomic E-state index is 14.0. The van der Waals surface area contributed by atoms with Crippen molar-refractivity contribution in [2.24, 2.45) is 23.5 Å². The van der Waals surface area contributed by atoms with Crippen molar-refractivity contribution in [1.82, 2.24) is 25.1 Å². The Morgan fingerprint density at radius 2 is 1.76 bits per heavy atom. The summed E-state index contributed by atoms with van der Waals surface area (Å²) in [5.74, 6) is -1.97. The largest absolute Gasteiger partial charge is 0.419 e. The SMILES string of the molecule is CC(C)C[C@@H](NC(=O)[C@H]1CCC[C@H]1Cc1nc(Nc2ccc(C(=O)N(C)C3CCN(C)CC3)cc2)ncc1C(F)(F)F)C(N)=O. The van der Waals surface area contributed by atoms with Gasteiger partial charge in [0.15, 0.2) is 0 Å². The summed E-state index contributed by atoms with van der Waals surface area (Å²) in [6.45, 7) is 5.68. The number of carbonyl (C=O) groups is 3. The molecule has 0 unspecified atom stereocenters. The van der Waals surface area contributed by atoms with Gasteiger partial charge in [0, 0.05) is 36.5 Å². The maximum atomic E-state index is 14.0. The number of aromatic nitrogens is 2. The fourth-order valence-corrected chi connectivity index (χ4v) is 6.32. The monoisotopic (exact) mass is 631 g/mol. The van der Waals surface area contributed by atoms with Crippen molar-refractivity contribution in [3.63, 3.8) is 0 Å². The molecule has 2 aromatic rings. The van der Waals surface area contributed by atoms with Crippen LogP contribution in [0, 0.1) is 17.8 Å². The van der Waals surface area contributed by atoms with Crippen LogP contribution in [-0.4, -0.2) is 76.8 Å². The van der Waals surface area contributed by atoms with Crippen molar-refractivity contribution in [3.8, 4) is 0 Å². The van der Waals surface area contributed by atoms with E-state index in [-0.39, 0.29) is 41.8 Å². The maximum Gasteiger partial charge on any atom is 0.419 e. The molecule has 1 aromatic heterocycles. The van der Waals surface area contributed by atoms with Gasteiger partial charge in [-0.25, -0.2) is 9.97 Å². The number of piperidine rings is 1. The number of carbonyl (C=O) groups excluding carboxylic acids is 3. The molecule has 4 rings (SSSR count). The lowest BCUT2D eigenvalue weighted by atomic mass is 9.89. The number of nitrogens with two attached hydrogens (primary N) is 1. The van der Waals surface area contributed by atoms with Crippen LogP contribution in [0.1, 0.15) is 74.0 Å². The Morgan fingerprint density at radius 3 is 2.36 bits per heavy atom. The van der Waals surface area contributed by atoms with Gasteiger partial charge in [-0.2, -0.15) is 13.2 Å². The average Bonchev–Trinajstić information content (AvgIpc) is 3.44. The molecule has 13 heteroatoms. The van der Waals surface area contributed by atoms with Crippen molar-refractivity contribution >= 4 is 29.4 Å². The summed E-state index contributed by atoms with van der Waals surface area (Å²) in [4.78, 5) is 50.3. The number of primary amides is 1. The molecule has 2 fully saturated rings. The van der Waals surface area contributed by atoms with Gasteiger partial charge in [-0.3, -0.25) is 14.4 Å². The molecule has 1 saturated carbocycles. The summed E-state index contributed by atoms with van der Waals surface area (Å²) < 4.78 is 42.0. The number of rotatable bonds is 11. The van der Waals surface area contributed by atoms with Crippen LogP contribution in [0.25, 0.3) is 0 Å². The van der Waals surface area contributed by atoms with Crippen LogP contribution >= 0.6 is 0 Å². The van der Waals surface area contributed by atoms with E-state index in [1.54, 1.807) is 29.2 Å². The summed E-state index contributed by atoms with van der Waals surface area (Å²) in [6, 6.07) is 6.00. The van der Waals surface area contributed by atoms with Crippen LogP contribution in [0.5, 0.6) is 0 Å². The highest BCUT2D eigenvalue weighted by Crippen LogP contribution is 2.38. The van der Waals surface area contributed by atoms with Crippen molar-refractivity contribution in [1.29, 1.82) is 0 Å². The van der Waals surface area contributed by atoms with Crippen LogP contribution in [-0.2, 0) is 22.2 Å². The van der Waals surface area contributed by atoms with Crippen LogP contribution in [0.15, 0.2) is 30.5 Å². The number of likely N-dealkylation sites (tertiary alicyclic amines) is 1. The molecule has 0 radical (unpaired) electrons. The zero-order chi connectivity index (χ0) is 32.9. The van der Waals surface area contributed by atoms with E-state index in [0.29, 0.717) is 36.9 Å². The second-order valence-corrected chi connectivity index (χ2v) is 12.8. The average molecular weight is 632 g/mol. The lowest BCUT2D eigenvalue weighted by Gasteiger charge is -2.35. The van der Waals surface area contributed by atoms with Crippen LogP contribution in [0.4, 0.5) is 24.8 Å². The number of amides is 3. The molecule has 0 bridgehead atoms. The van der Waals surface area contributed by atoms with Crippen molar-refractivity contribution < 1.29 is 27.6 Å². The molecular formula is C32H44F3N7O3. The van der Waals surface area contributed by atoms with Crippen molar-refractivity contribution in [3.05, 3.63) is 47.3 Å². The first-order valence-electron chi connectivity index (χ1n) is 15.6. The number of hydrogen-bond donors (Lipinski definition) is 3. The number of anilines is 2. The Balaban J connectivity index is 1.47. The number of nitrogens with zero attached hydrogens (tertiary/aromatic N) is 4. The predicted octanol–water partition coefficient (Wildman–Crippen LogP) is 4.38. The van der Waals surface area contributed by atoms with Gasteiger partial charge in [-0.1, -0.05) is 20.3 Å². The molecule has 0 spiro atoms. The standard InChI is InChI=1S/C32H44F3N7O3/c1-19(2)16-27(28(36)43)39-29(44)24-7-5-6-21(24)17-26-25(32(33,34)35)18-37-31(40-26)38-22-10-8-20(9-11-22)30(45)42(4)23-12-14-41(3)15-13-23/h8-11,18-19,21,23-24,27H,5-7,12-17H2,1-4H3,(H2,36,43)(H,39,44)(H,37,38,40)/t21-,24-,27+/m0/s1. The van der Waals surface area contributed by atoms with E-state index in [4.69, 9.17) is 5.73 Å². The Morgan fingerprint density at radius 1 is 1.09 bits per heavy atom. The summed E-state index contributed by atoms with van der Waals surface area (Å²) >= 11 is 0. The predicted molar refractivity (Wildman–Crippen MR) is 164 cm³/mol. The fourth-order valence-electron chi connectivity index (χ4n) is 6.32. The first-order valence-corrected chi connectivity index (χ1v) is 15.6. The lowest BCUT2D eigenvalue weighted by Crippen LogP contribution is -2.48. The normalized spacial score (nSPS) is 20.2. The van der Waals surface area contributed by atoms with Gasteiger partial charge in [-0.05, 0) is 94.8 Å². The summed E-state index contributed by atoms with van der Waals surface area (Å²) in [5.41, 5.74) is 5.35. The van der Waals surface area contributed by atoms with E-state index >= 15 is 0 Å². The quantitative estimate of drug-likeness (QED) is 0.335. The van der Waals surface area contributed by atoms with E-state index in [1.165, 1.54) is 0 Å². The minimum absolute atomic E-state index is 0.0229. The van der Waals surface area contributed by atoms with Crippen molar-refractivity contribution in [2.75, 3.05) is 32.5 Å². The molecular weight excluding hydrogens is 587 g/mol. The second kappa shape index (κ2) is 14.6. The minimum atomic E-state index is -4.68. The third kappa shape index (κ3) is 8.93. The van der Waals surface area contributed by atoms with Gasteiger partial charge in [0.1, 0.15) is 6.04 Å². The zero-order valence-corrected chi connectivity index (χ0v) is 26.4. The molecule has 246 valence electrons. The molecule has 1 aliphatic carbocycles. The first-order chi connectivity index (χ1) is 21.2. The first kappa shape index (κ1) is 34.1. The van der Waals surface area contributed by atoms with Crippen LogP contribution in [0.3, 0.4) is 0 Å². The zero-order valence-electron chi connectivity index (χ0n) is 26.4. The van der Waals surface area contributed by atoms with Gasteiger partial charge in [0.05, 0.1) is 11.3 Å². The summed E-state index contributed by atoms with van der Waals surface area (Å²) in [5, 5.41) is 5.68. The topological polar surface area (TPSA) is 134 Å². The van der Waals surface area contributed by atoms with Gasteiger partial charge in [-0.15, -0.1) is 0 Å². The minimum Gasteiger partial charge on any atom is -0.368 e. The Kier molecular flexibility index (Phi) is 11.1. The third-order valence-electron chi connectivity index (χ3n) is 8.94. The smallest absolute Gasteiger partial charge is 0.368 e. The third-order valence-corrected chi connectivity index (χ3v) is 8.94. The van der Waals surface area contributed by atoms with Gasteiger partial charge < -0.3 is 26.2 Å². The van der Waals surface area contributed by atoms with Gasteiger partial charge >= 0.3 is 6.18 Å². The fraction of sp³-hybridized carbons (Fsp3) is 0.594. The Labute approximate surface area is 262 Å². The van der Waals surface area contributed by atoms with E-state index < -0.39 is 35.5 Å². The second-order valence-electron chi connectivity index (χ2n) is 12.8. The molecule has 45 heavy (non-hydrogen) atoms. The van der Waals surface area contributed by atoms with Gasteiger partial charge in [0.2, 0.25) is 17.8 Å². The lowest BCUT2D eigenvalue weighted by molar-refractivity contribution is -0.138. The van der Waals surface area contributed by atoms with E-state index in [2.05, 4.69) is 32.5 Å². The van der Waals surface area contributed by atoms with Gasteiger partial charge in [0.25, 0.3) is 5.91 Å². The Hall–Kier alpha value is -3.74. The number of halogens is 3. The molecule has 1 saturated heterocycles. The number of nitrogens with one attached hydrogen (secondary N) is 2.